The number of methoxy groups -OCH3 is 1. The normalized spacial score (nSPS) is 13.7. The van der Waals surface area contributed by atoms with Crippen molar-refractivity contribution in [2.45, 2.75) is 24.9 Å². The van der Waals surface area contributed by atoms with Crippen molar-refractivity contribution in [3.63, 3.8) is 0 Å². The topological polar surface area (TPSA) is 60.3 Å². The highest BCUT2D eigenvalue weighted by Gasteiger charge is 2.21. The lowest BCUT2D eigenvalue weighted by molar-refractivity contribution is -0.127. The van der Waals surface area contributed by atoms with Gasteiger partial charge in [-0.25, -0.2) is 0 Å². The van der Waals surface area contributed by atoms with E-state index in [2.05, 4.69) is 41.4 Å². The minimum absolute atomic E-state index is 0.164. The molecule has 2 heterocycles. The predicted octanol–water partition coefficient (Wildman–Crippen LogP) is 3.97. The predicted molar refractivity (Wildman–Crippen MR) is 115 cm³/mol. The molecule has 29 heavy (non-hydrogen) atoms. The van der Waals surface area contributed by atoms with Crippen LogP contribution >= 0.6 is 11.8 Å². The van der Waals surface area contributed by atoms with Gasteiger partial charge in [0.15, 0.2) is 11.0 Å². The lowest BCUT2D eigenvalue weighted by Gasteiger charge is -2.15. The van der Waals surface area contributed by atoms with E-state index in [1.54, 1.807) is 7.11 Å². The third-order valence-electron chi connectivity index (χ3n) is 5.06. The number of aromatic nitrogens is 3. The lowest BCUT2D eigenvalue weighted by Crippen LogP contribution is -2.29. The average Bonchev–Trinajstić information content (AvgIpc) is 3.43. The third-order valence-corrected chi connectivity index (χ3v) is 5.97. The van der Waals surface area contributed by atoms with E-state index in [-0.39, 0.29) is 5.91 Å². The Labute approximate surface area is 174 Å². The maximum Gasteiger partial charge on any atom is 0.233 e. The van der Waals surface area contributed by atoms with Crippen LogP contribution in [0, 0.1) is 6.92 Å². The fourth-order valence-electron chi connectivity index (χ4n) is 3.40. The molecule has 0 N–H and O–H groups in total. The number of benzene rings is 2. The summed E-state index contributed by atoms with van der Waals surface area (Å²) in [6.45, 7) is 3.78. The van der Waals surface area contributed by atoms with Gasteiger partial charge >= 0.3 is 0 Å². The van der Waals surface area contributed by atoms with E-state index in [1.165, 1.54) is 17.3 Å². The van der Waals surface area contributed by atoms with Crippen LogP contribution in [0.25, 0.3) is 17.1 Å². The molecule has 1 saturated heterocycles. The number of aryl methyl sites for hydroxylation is 1. The molecule has 1 aliphatic heterocycles. The van der Waals surface area contributed by atoms with Crippen LogP contribution in [-0.4, -0.2) is 51.5 Å². The number of nitrogens with zero attached hydrogens (tertiary/aromatic N) is 4. The number of thioether (sulfide) groups is 1. The molecule has 150 valence electrons. The van der Waals surface area contributed by atoms with E-state index in [4.69, 9.17) is 4.74 Å². The molecule has 1 aromatic heterocycles. The second kappa shape index (κ2) is 8.69. The summed E-state index contributed by atoms with van der Waals surface area (Å²) in [7, 11) is 1.65. The van der Waals surface area contributed by atoms with Crippen molar-refractivity contribution < 1.29 is 9.53 Å². The minimum atomic E-state index is 0.164. The van der Waals surface area contributed by atoms with Crippen LogP contribution in [0.5, 0.6) is 5.75 Å². The Kier molecular flexibility index (Phi) is 5.85. The van der Waals surface area contributed by atoms with Crippen LogP contribution in [0.15, 0.2) is 53.7 Å². The number of carbonyl (C=O) groups excluding carboxylic acids is 1. The summed E-state index contributed by atoms with van der Waals surface area (Å²) >= 11 is 1.44. The van der Waals surface area contributed by atoms with Gasteiger partial charge in [-0.05, 0) is 56.2 Å². The molecule has 1 amide bonds. The molecule has 1 fully saturated rings. The Hall–Kier alpha value is -2.80. The van der Waals surface area contributed by atoms with Gasteiger partial charge in [-0.3, -0.25) is 9.36 Å². The van der Waals surface area contributed by atoms with Gasteiger partial charge in [0, 0.05) is 24.3 Å². The fourth-order valence-corrected chi connectivity index (χ4v) is 4.26. The van der Waals surface area contributed by atoms with Crippen LogP contribution < -0.4 is 4.74 Å². The van der Waals surface area contributed by atoms with Crippen molar-refractivity contribution in [1.82, 2.24) is 19.7 Å². The van der Waals surface area contributed by atoms with E-state index >= 15 is 0 Å². The van der Waals surface area contributed by atoms with Crippen molar-refractivity contribution in [3.8, 4) is 22.8 Å². The number of carbonyl (C=O) groups is 1. The highest BCUT2D eigenvalue weighted by atomic mass is 32.2. The summed E-state index contributed by atoms with van der Waals surface area (Å²) in [5.41, 5.74) is 3.10. The Bertz CT molecular complexity index is 977. The number of rotatable bonds is 6. The van der Waals surface area contributed by atoms with E-state index in [0.717, 1.165) is 48.8 Å². The Morgan fingerprint density at radius 3 is 2.38 bits per heavy atom. The van der Waals surface area contributed by atoms with Gasteiger partial charge in [0.05, 0.1) is 12.9 Å². The molecule has 2 aromatic carbocycles. The second-order valence-corrected chi connectivity index (χ2v) is 8.02. The van der Waals surface area contributed by atoms with Gasteiger partial charge in [-0.2, -0.15) is 0 Å². The maximum absolute atomic E-state index is 12.5. The molecule has 0 aliphatic carbocycles. The van der Waals surface area contributed by atoms with Crippen LogP contribution in [0.3, 0.4) is 0 Å². The molecule has 6 nitrogen and oxygen atoms in total. The molecular weight excluding hydrogens is 384 g/mol. The zero-order valence-electron chi connectivity index (χ0n) is 16.7. The summed E-state index contributed by atoms with van der Waals surface area (Å²) in [6.07, 6.45) is 2.19. The average molecular weight is 409 g/mol. The van der Waals surface area contributed by atoms with E-state index in [0.29, 0.717) is 10.9 Å². The van der Waals surface area contributed by atoms with Crippen LogP contribution in [0.4, 0.5) is 0 Å². The molecule has 0 spiro atoms. The maximum atomic E-state index is 12.5. The fraction of sp³-hybridized carbons (Fsp3) is 0.318. The molecule has 3 aromatic rings. The van der Waals surface area contributed by atoms with Gasteiger partial charge in [-0.15, -0.1) is 10.2 Å². The number of likely N-dealkylation sites (tertiary alicyclic amines) is 1. The first kappa shape index (κ1) is 19.5. The molecular formula is C22H24N4O2S. The van der Waals surface area contributed by atoms with Crippen molar-refractivity contribution >= 4 is 17.7 Å². The zero-order valence-corrected chi connectivity index (χ0v) is 17.5. The summed E-state index contributed by atoms with van der Waals surface area (Å²) in [5.74, 6) is 2.07. The number of hydrogen-bond donors (Lipinski definition) is 0. The van der Waals surface area contributed by atoms with Gasteiger partial charge in [-0.1, -0.05) is 29.5 Å². The SMILES string of the molecule is COc1ccc(-c2nnc(SCC(=O)N3CCCC3)n2-c2ccc(C)cc2)cc1. The molecule has 0 saturated carbocycles. The molecule has 1 aliphatic rings. The van der Waals surface area contributed by atoms with Crippen molar-refractivity contribution in [2.75, 3.05) is 26.0 Å². The summed E-state index contributed by atoms with van der Waals surface area (Å²) in [6, 6.07) is 16.0. The molecule has 0 bridgehead atoms. The molecule has 0 unspecified atom stereocenters. The summed E-state index contributed by atoms with van der Waals surface area (Å²) < 4.78 is 7.28. The Morgan fingerprint density at radius 1 is 1.03 bits per heavy atom. The quantitative estimate of drug-likeness (QED) is 0.578. The Balaban J connectivity index is 1.66. The van der Waals surface area contributed by atoms with E-state index in [1.807, 2.05) is 33.7 Å². The standard InChI is InChI=1S/C22H24N4O2S/c1-16-5-9-18(10-6-16)26-21(17-7-11-19(28-2)12-8-17)23-24-22(26)29-15-20(27)25-13-3-4-14-25/h5-12H,3-4,13-15H2,1-2H3. The smallest absolute Gasteiger partial charge is 0.233 e. The van der Waals surface area contributed by atoms with Gasteiger partial charge in [0.1, 0.15) is 5.75 Å². The monoisotopic (exact) mass is 408 g/mol. The van der Waals surface area contributed by atoms with Crippen molar-refractivity contribution in [2.24, 2.45) is 0 Å². The number of hydrogen-bond acceptors (Lipinski definition) is 5. The molecule has 4 rings (SSSR count). The highest BCUT2D eigenvalue weighted by molar-refractivity contribution is 7.99. The van der Waals surface area contributed by atoms with E-state index in [9.17, 15) is 4.79 Å². The van der Waals surface area contributed by atoms with Gasteiger partial charge in [0.2, 0.25) is 5.91 Å². The molecule has 7 heteroatoms. The lowest BCUT2D eigenvalue weighted by atomic mass is 10.2. The highest BCUT2D eigenvalue weighted by Crippen LogP contribution is 2.29. The van der Waals surface area contributed by atoms with Crippen LogP contribution in [-0.2, 0) is 4.79 Å². The minimum Gasteiger partial charge on any atom is -0.497 e. The third kappa shape index (κ3) is 4.29. The zero-order chi connectivity index (χ0) is 20.2. The Morgan fingerprint density at radius 2 is 1.72 bits per heavy atom. The number of amides is 1. The van der Waals surface area contributed by atoms with E-state index < -0.39 is 0 Å². The molecule has 0 atom stereocenters. The first-order valence-electron chi connectivity index (χ1n) is 9.73. The second-order valence-electron chi connectivity index (χ2n) is 7.08. The first-order valence-corrected chi connectivity index (χ1v) is 10.7. The summed E-state index contributed by atoms with van der Waals surface area (Å²) in [5, 5.41) is 9.56. The van der Waals surface area contributed by atoms with Crippen LogP contribution in [0.1, 0.15) is 18.4 Å². The van der Waals surface area contributed by atoms with Crippen molar-refractivity contribution in [3.05, 3.63) is 54.1 Å². The first-order chi connectivity index (χ1) is 14.2. The largest absolute Gasteiger partial charge is 0.497 e. The molecule has 0 radical (unpaired) electrons. The van der Waals surface area contributed by atoms with Gasteiger partial charge in [0.25, 0.3) is 0 Å². The van der Waals surface area contributed by atoms with Gasteiger partial charge < -0.3 is 9.64 Å². The van der Waals surface area contributed by atoms with Crippen molar-refractivity contribution in [1.29, 1.82) is 0 Å². The number of ether oxygens (including phenoxy) is 1. The summed E-state index contributed by atoms with van der Waals surface area (Å²) in [4.78, 5) is 14.4. The van der Waals surface area contributed by atoms with Crippen LogP contribution in [0.2, 0.25) is 0 Å².